The Morgan fingerprint density at radius 1 is 1.08 bits per heavy atom. The minimum atomic E-state index is -0.307. The van der Waals surface area contributed by atoms with Crippen LogP contribution in [0, 0.1) is 6.92 Å². The minimum Gasteiger partial charge on any atom is -0.324 e. The monoisotopic (exact) mass is 338 g/mol. The molecule has 0 saturated heterocycles. The van der Waals surface area contributed by atoms with E-state index in [1.807, 2.05) is 37.3 Å². The lowest BCUT2D eigenvalue weighted by molar-refractivity contribution is 0.102. The molecule has 2 N–H and O–H groups in total. The van der Waals surface area contributed by atoms with Crippen LogP contribution in [0.2, 0.25) is 5.02 Å². The molecular formula is C18H15ClN4O. The highest BCUT2D eigenvalue weighted by Gasteiger charge is 2.11. The zero-order valence-corrected chi connectivity index (χ0v) is 13.7. The molecular weight excluding hydrogens is 324 g/mol. The van der Waals surface area contributed by atoms with Gasteiger partial charge in [-0.1, -0.05) is 29.8 Å². The van der Waals surface area contributed by atoms with Gasteiger partial charge in [-0.05, 0) is 48.9 Å². The van der Waals surface area contributed by atoms with Crippen LogP contribution in [0.3, 0.4) is 0 Å². The van der Waals surface area contributed by atoms with Crippen molar-refractivity contribution in [2.45, 2.75) is 6.92 Å². The largest absolute Gasteiger partial charge is 0.324 e. The molecule has 2 aromatic carbocycles. The predicted octanol–water partition coefficient (Wildman–Crippen LogP) is 4.43. The first-order valence-electron chi connectivity index (χ1n) is 7.34. The van der Waals surface area contributed by atoms with E-state index in [2.05, 4.69) is 20.6 Å². The van der Waals surface area contributed by atoms with E-state index in [9.17, 15) is 4.79 Å². The number of hydrogen-bond donors (Lipinski definition) is 2. The standard InChI is InChI=1S/C18H15ClN4O/c1-12-11-13(19)7-8-15(12)22-17(24)16-9-10-20-18(23-16)21-14-5-3-2-4-6-14/h2-11H,1H3,(H,22,24)(H,20,21,23). The molecule has 0 aliphatic heterocycles. The Bertz CT molecular complexity index is 868. The van der Waals surface area contributed by atoms with Gasteiger partial charge in [0.05, 0.1) is 0 Å². The number of aryl methyl sites for hydroxylation is 1. The van der Waals surface area contributed by atoms with E-state index in [0.717, 1.165) is 11.3 Å². The molecule has 1 amide bonds. The quantitative estimate of drug-likeness (QED) is 0.738. The minimum absolute atomic E-state index is 0.276. The van der Waals surface area contributed by atoms with Crippen molar-refractivity contribution < 1.29 is 4.79 Å². The number of hydrogen-bond acceptors (Lipinski definition) is 4. The highest BCUT2D eigenvalue weighted by molar-refractivity contribution is 6.30. The molecule has 0 radical (unpaired) electrons. The predicted molar refractivity (Wildman–Crippen MR) is 95.9 cm³/mol. The number of nitrogens with zero attached hydrogens (tertiary/aromatic N) is 2. The summed E-state index contributed by atoms with van der Waals surface area (Å²) in [4.78, 5) is 20.8. The molecule has 0 aliphatic carbocycles. The lowest BCUT2D eigenvalue weighted by Gasteiger charge is -2.09. The van der Waals surface area contributed by atoms with E-state index in [4.69, 9.17) is 11.6 Å². The molecule has 3 rings (SSSR count). The average molecular weight is 339 g/mol. The second-order valence-electron chi connectivity index (χ2n) is 5.17. The third-order valence-electron chi connectivity index (χ3n) is 3.35. The van der Waals surface area contributed by atoms with Gasteiger partial charge in [0.15, 0.2) is 0 Å². The summed E-state index contributed by atoms with van der Waals surface area (Å²) in [6, 6.07) is 16.4. The second kappa shape index (κ2) is 7.10. The van der Waals surface area contributed by atoms with Crippen molar-refractivity contribution in [1.29, 1.82) is 0 Å². The first kappa shape index (κ1) is 16.0. The van der Waals surface area contributed by atoms with Gasteiger partial charge in [0.1, 0.15) is 5.69 Å². The van der Waals surface area contributed by atoms with Gasteiger partial charge in [-0.15, -0.1) is 0 Å². The average Bonchev–Trinajstić information content (AvgIpc) is 2.58. The Morgan fingerprint density at radius 2 is 1.88 bits per heavy atom. The molecule has 24 heavy (non-hydrogen) atoms. The summed E-state index contributed by atoms with van der Waals surface area (Å²) in [5.74, 6) is 0.0561. The molecule has 0 atom stereocenters. The van der Waals surface area contributed by atoms with Crippen LogP contribution in [0.25, 0.3) is 0 Å². The lowest BCUT2D eigenvalue weighted by Crippen LogP contribution is -2.15. The number of para-hydroxylation sites is 1. The van der Waals surface area contributed by atoms with Crippen LogP contribution in [0.15, 0.2) is 60.8 Å². The van der Waals surface area contributed by atoms with Crippen LogP contribution in [-0.4, -0.2) is 15.9 Å². The molecule has 1 heterocycles. The van der Waals surface area contributed by atoms with Crippen LogP contribution < -0.4 is 10.6 Å². The number of halogens is 1. The molecule has 0 unspecified atom stereocenters. The molecule has 5 nitrogen and oxygen atoms in total. The first-order valence-corrected chi connectivity index (χ1v) is 7.72. The van der Waals surface area contributed by atoms with Crippen molar-refractivity contribution in [1.82, 2.24) is 9.97 Å². The van der Waals surface area contributed by atoms with Gasteiger partial charge in [0.25, 0.3) is 5.91 Å². The zero-order chi connectivity index (χ0) is 16.9. The fourth-order valence-electron chi connectivity index (χ4n) is 2.15. The van der Waals surface area contributed by atoms with Crippen molar-refractivity contribution in [2.75, 3.05) is 10.6 Å². The molecule has 0 fully saturated rings. The van der Waals surface area contributed by atoms with Crippen LogP contribution >= 0.6 is 11.6 Å². The molecule has 0 bridgehead atoms. The maximum absolute atomic E-state index is 12.4. The summed E-state index contributed by atoms with van der Waals surface area (Å²) in [6.07, 6.45) is 1.54. The fraction of sp³-hybridized carbons (Fsp3) is 0.0556. The normalized spacial score (nSPS) is 10.2. The highest BCUT2D eigenvalue weighted by atomic mass is 35.5. The van der Waals surface area contributed by atoms with Crippen molar-refractivity contribution >= 4 is 34.8 Å². The Labute approximate surface area is 144 Å². The second-order valence-corrected chi connectivity index (χ2v) is 5.61. The van der Waals surface area contributed by atoms with Gasteiger partial charge in [-0.3, -0.25) is 4.79 Å². The fourth-order valence-corrected chi connectivity index (χ4v) is 2.38. The maximum atomic E-state index is 12.4. The van der Waals surface area contributed by atoms with Gasteiger partial charge < -0.3 is 10.6 Å². The number of amides is 1. The highest BCUT2D eigenvalue weighted by Crippen LogP contribution is 2.20. The van der Waals surface area contributed by atoms with E-state index in [-0.39, 0.29) is 11.6 Å². The summed E-state index contributed by atoms with van der Waals surface area (Å²) < 4.78 is 0. The summed E-state index contributed by atoms with van der Waals surface area (Å²) in [6.45, 7) is 1.88. The Morgan fingerprint density at radius 3 is 2.62 bits per heavy atom. The Kier molecular flexibility index (Phi) is 4.72. The molecule has 1 aromatic heterocycles. The molecule has 120 valence electrons. The van der Waals surface area contributed by atoms with E-state index in [0.29, 0.717) is 16.7 Å². The van der Waals surface area contributed by atoms with Crippen molar-refractivity contribution in [3.05, 3.63) is 77.1 Å². The SMILES string of the molecule is Cc1cc(Cl)ccc1NC(=O)c1ccnc(Nc2ccccc2)n1. The van der Waals surface area contributed by atoms with Gasteiger partial charge in [0, 0.05) is 22.6 Å². The van der Waals surface area contributed by atoms with Gasteiger partial charge in [-0.25, -0.2) is 9.97 Å². The van der Waals surface area contributed by atoms with E-state index in [1.54, 1.807) is 30.5 Å². The van der Waals surface area contributed by atoms with Crippen molar-refractivity contribution in [2.24, 2.45) is 0 Å². The van der Waals surface area contributed by atoms with Crippen molar-refractivity contribution in [3.8, 4) is 0 Å². The topological polar surface area (TPSA) is 66.9 Å². The number of carbonyl (C=O) groups excluding carboxylic acids is 1. The van der Waals surface area contributed by atoms with Gasteiger partial charge >= 0.3 is 0 Å². The number of carbonyl (C=O) groups is 1. The number of aromatic nitrogens is 2. The van der Waals surface area contributed by atoms with E-state index < -0.39 is 0 Å². The van der Waals surface area contributed by atoms with Gasteiger partial charge in [-0.2, -0.15) is 0 Å². The molecule has 0 aliphatic rings. The number of rotatable bonds is 4. The molecule has 6 heteroatoms. The smallest absolute Gasteiger partial charge is 0.274 e. The maximum Gasteiger partial charge on any atom is 0.274 e. The third kappa shape index (κ3) is 3.88. The van der Waals surface area contributed by atoms with Crippen LogP contribution in [-0.2, 0) is 0 Å². The Balaban J connectivity index is 1.77. The van der Waals surface area contributed by atoms with E-state index in [1.165, 1.54) is 0 Å². The molecule has 0 spiro atoms. The zero-order valence-electron chi connectivity index (χ0n) is 13.0. The van der Waals surface area contributed by atoms with Crippen LogP contribution in [0.1, 0.15) is 16.1 Å². The van der Waals surface area contributed by atoms with Crippen LogP contribution in [0.5, 0.6) is 0 Å². The summed E-state index contributed by atoms with van der Waals surface area (Å²) in [5.41, 5.74) is 2.70. The summed E-state index contributed by atoms with van der Waals surface area (Å²) >= 11 is 5.93. The number of benzene rings is 2. The molecule has 3 aromatic rings. The third-order valence-corrected chi connectivity index (χ3v) is 3.59. The number of anilines is 3. The van der Waals surface area contributed by atoms with Gasteiger partial charge in [0.2, 0.25) is 5.95 Å². The van der Waals surface area contributed by atoms with Crippen molar-refractivity contribution in [3.63, 3.8) is 0 Å². The van der Waals surface area contributed by atoms with Crippen LogP contribution in [0.4, 0.5) is 17.3 Å². The summed E-state index contributed by atoms with van der Waals surface area (Å²) in [5, 5.41) is 6.52. The first-order chi connectivity index (χ1) is 11.6. The molecule has 0 saturated carbocycles. The lowest BCUT2D eigenvalue weighted by atomic mass is 10.2. The Hall–Kier alpha value is -2.92. The summed E-state index contributed by atoms with van der Waals surface area (Å²) in [7, 11) is 0. The number of nitrogens with one attached hydrogen (secondary N) is 2. The van der Waals surface area contributed by atoms with E-state index >= 15 is 0 Å².